The first-order valence-corrected chi connectivity index (χ1v) is 15.6. The fourth-order valence-electron chi connectivity index (χ4n) is 5.86. The average Bonchev–Trinajstić information content (AvgIpc) is 3.64. The number of likely N-dealkylation sites (N-methyl/N-ethyl adjacent to an activating group) is 2. The van der Waals surface area contributed by atoms with Gasteiger partial charge in [-0.2, -0.15) is 13.2 Å². The largest absolute Gasteiger partial charge is 0.405 e. The van der Waals surface area contributed by atoms with Crippen molar-refractivity contribution in [2.24, 2.45) is 7.05 Å². The van der Waals surface area contributed by atoms with Crippen molar-refractivity contribution in [3.05, 3.63) is 77.2 Å². The van der Waals surface area contributed by atoms with Gasteiger partial charge in [-0.1, -0.05) is 42.3 Å². The number of aryl methyl sites for hydroxylation is 1. The Bertz CT molecular complexity index is 2080. The molecule has 4 N–H and O–H groups in total. The van der Waals surface area contributed by atoms with E-state index in [9.17, 15) is 31.9 Å². The van der Waals surface area contributed by atoms with E-state index in [-0.39, 0.29) is 28.4 Å². The van der Waals surface area contributed by atoms with Gasteiger partial charge in [-0.05, 0) is 55.4 Å². The van der Waals surface area contributed by atoms with Crippen molar-refractivity contribution in [3.8, 4) is 34.2 Å². The number of carbonyl (C=O) groups is 3. The van der Waals surface area contributed by atoms with Crippen molar-refractivity contribution < 1.29 is 31.9 Å². The minimum Gasteiger partial charge on any atom is -0.383 e. The normalized spacial score (nSPS) is 14.6. The molecule has 1 aliphatic rings. The number of halogens is 5. The predicted octanol–water partition coefficient (Wildman–Crippen LogP) is 5.37. The Morgan fingerprint density at radius 3 is 2.42 bits per heavy atom. The second kappa shape index (κ2) is 14.2. The van der Waals surface area contributed by atoms with E-state index >= 15 is 0 Å². The van der Waals surface area contributed by atoms with Crippen molar-refractivity contribution in [1.29, 1.82) is 0 Å². The molecule has 0 bridgehead atoms. The van der Waals surface area contributed by atoms with E-state index in [2.05, 4.69) is 33.6 Å². The predicted molar refractivity (Wildman–Crippen MR) is 184 cm³/mol. The van der Waals surface area contributed by atoms with Crippen LogP contribution in [0.2, 0.25) is 5.02 Å². The highest BCUT2D eigenvalue weighted by molar-refractivity contribution is 6.34. The van der Waals surface area contributed by atoms with Crippen LogP contribution in [0, 0.1) is 11.8 Å². The van der Waals surface area contributed by atoms with Crippen LogP contribution in [0.15, 0.2) is 61.1 Å². The Hall–Kier alpha value is -5.39. The molecule has 1 saturated heterocycles. The number of amides is 3. The summed E-state index contributed by atoms with van der Waals surface area (Å²) in [7, 11) is 5.44. The number of nitrogens with one attached hydrogen (secondary N) is 2. The van der Waals surface area contributed by atoms with E-state index < -0.39 is 30.4 Å². The number of hydrogen-bond donors (Lipinski definition) is 3. The third kappa shape index (κ3) is 7.59. The third-order valence-corrected chi connectivity index (χ3v) is 8.70. The second-order valence-corrected chi connectivity index (χ2v) is 12.3. The van der Waals surface area contributed by atoms with Crippen molar-refractivity contribution in [3.63, 3.8) is 0 Å². The second-order valence-electron chi connectivity index (χ2n) is 11.9. The molecule has 0 spiro atoms. The lowest BCUT2D eigenvalue weighted by atomic mass is 9.96. The summed E-state index contributed by atoms with van der Waals surface area (Å²) in [4.78, 5) is 45.6. The molecule has 15 heteroatoms. The minimum atomic E-state index is -4.61. The molecule has 10 nitrogen and oxygen atoms in total. The van der Waals surface area contributed by atoms with Gasteiger partial charge in [-0.25, -0.2) is 9.37 Å². The van der Waals surface area contributed by atoms with Crippen molar-refractivity contribution in [2.45, 2.75) is 18.6 Å². The van der Waals surface area contributed by atoms with Gasteiger partial charge in [0, 0.05) is 50.1 Å². The summed E-state index contributed by atoms with van der Waals surface area (Å²) < 4.78 is 53.4. The smallest absolute Gasteiger partial charge is 0.383 e. The van der Waals surface area contributed by atoms with Gasteiger partial charge in [-0.15, -0.1) is 0 Å². The van der Waals surface area contributed by atoms with Gasteiger partial charge >= 0.3 is 6.18 Å². The van der Waals surface area contributed by atoms with E-state index in [1.807, 2.05) is 12.4 Å². The monoisotopic (exact) mass is 709 g/mol. The van der Waals surface area contributed by atoms with Crippen LogP contribution in [0.4, 0.5) is 29.1 Å². The molecule has 260 valence electrons. The number of rotatable bonds is 7. The van der Waals surface area contributed by atoms with Gasteiger partial charge in [0.05, 0.1) is 32.7 Å². The van der Waals surface area contributed by atoms with Crippen LogP contribution >= 0.6 is 11.6 Å². The Morgan fingerprint density at radius 2 is 1.82 bits per heavy atom. The van der Waals surface area contributed by atoms with E-state index in [0.717, 1.165) is 19.5 Å². The van der Waals surface area contributed by atoms with Crippen LogP contribution in [0.25, 0.3) is 33.3 Å². The number of aromatic nitrogens is 2. The first-order chi connectivity index (χ1) is 23.6. The molecular weight excluding hydrogens is 678 g/mol. The van der Waals surface area contributed by atoms with Gasteiger partial charge in [0.15, 0.2) is 5.83 Å². The zero-order chi connectivity index (χ0) is 36.5. The molecule has 1 fully saturated rings. The molecule has 2 aromatic carbocycles. The Labute approximate surface area is 289 Å². The van der Waals surface area contributed by atoms with Crippen LogP contribution < -0.4 is 16.4 Å². The quantitative estimate of drug-likeness (QED) is 0.135. The zero-order valence-corrected chi connectivity index (χ0v) is 28.0. The summed E-state index contributed by atoms with van der Waals surface area (Å²) in [6.45, 7) is 3.07. The lowest BCUT2D eigenvalue weighted by molar-refractivity contribution is -0.125. The highest BCUT2D eigenvalue weighted by atomic mass is 35.5. The number of anilines is 2. The number of likely N-dealkylation sites (tertiary alicyclic amines) is 1. The molecule has 0 aliphatic carbocycles. The Kier molecular flexibility index (Phi) is 10.2. The van der Waals surface area contributed by atoms with Gasteiger partial charge in [0.1, 0.15) is 12.4 Å². The molecule has 1 aliphatic heterocycles. The SMILES string of the molecule is C=C(F)C(=O)Nc1ccc(-c2c(-c3ccc(C(=O)NCC(F)(F)F)c(Cl)c3)c3c(N)ncc(C#CC(=O)N(C)[C@H]4CCN(C)C4)c3n2C)cc1. The summed E-state index contributed by atoms with van der Waals surface area (Å²) in [6, 6.07) is 10.7. The fraction of sp³-hybridized carbons (Fsp3) is 0.257. The van der Waals surface area contributed by atoms with Crippen molar-refractivity contribution >= 4 is 51.7 Å². The average molecular weight is 710 g/mol. The maximum absolute atomic E-state index is 13.3. The molecular formula is C35H32ClF4N7O3. The molecule has 0 unspecified atom stereocenters. The summed E-state index contributed by atoms with van der Waals surface area (Å²) in [5.41, 5.74) is 9.57. The van der Waals surface area contributed by atoms with E-state index in [0.29, 0.717) is 44.5 Å². The first kappa shape index (κ1) is 35.9. The van der Waals surface area contributed by atoms with Crippen LogP contribution in [0.5, 0.6) is 0 Å². The molecule has 4 aromatic rings. The fourth-order valence-corrected chi connectivity index (χ4v) is 6.13. The number of nitrogens with zero attached hydrogens (tertiary/aromatic N) is 4. The maximum Gasteiger partial charge on any atom is 0.405 e. The molecule has 50 heavy (non-hydrogen) atoms. The number of nitrogen functional groups attached to an aromatic ring is 1. The third-order valence-electron chi connectivity index (χ3n) is 8.39. The molecule has 2 aromatic heterocycles. The number of nitrogens with two attached hydrogens (primary N) is 1. The van der Waals surface area contributed by atoms with Gasteiger partial charge in [0.25, 0.3) is 17.7 Å². The van der Waals surface area contributed by atoms with Crippen LogP contribution in [-0.4, -0.2) is 83.0 Å². The molecule has 5 rings (SSSR count). The lowest BCUT2D eigenvalue weighted by Crippen LogP contribution is -2.37. The number of benzene rings is 2. The standard InChI is InChI=1S/C35H32ClF4N7O3/c1-19(37)33(49)44-23-9-5-20(6-10-23)30-28(21-7-11-25(26(36)15-21)34(50)43-18-35(38,39)40)29-31(47(30)4)22(16-42-32(29)41)8-12-27(48)46(3)24-13-14-45(2)17-24/h5-7,9-11,15-16,24H,1,13-14,17-18H2,2-4H3,(H2,41,42)(H,43,50)(H,44,49)/t24-/m0/s1. The highest BCUT2D eigenvalue weighted by Crippen LogP contribution is 2.44. The van der Waals surface area contributed by atoms with Gasteiger partial charge in [-0.3, -0.25) is 14.4 Å². The number of pyridine rings is 1. The summed E-state index contributed by atoms with van der Waals surface area (Å²) in [5.74, 6) is 2.25. The van der Waals surface area contributed by atoms with E-state index in [1.54, 1.807) is 47.8 Å². The molecule has 0 radical (unpaired) electrons. The van der Waals surface area contributed by atoms with Crippen molar-refractivity contribution in [1.82, 2.24) is 24.7 Å². The Balaban J connectivity index is 1.65. The van der Waals surface area contributed by atoms with Gasteiger partial charge < -0.3 is 30.7 Å². The molecule has 0 saturated carbocycles. The number of carbonyl (C=O) groups excluding carboxylic acids is 3. The van der Waals surface area contributed by atoms with E-state index in [4.69, 9.17) is 17.3 Å². The summed E-state index contributed by atoms with van der Waals surface area (Å²) in [6.07, 6.45) is -2.33. The number of alkyl halides is 3. The zero-order valence-electron chi connectivity index (χ0n) is 27.2. The van der Waals surface area contributed by atoms with Gasteiger partial charge in [0.2, 0.25) is 0 Å². The Morgan fingerprint density at radius 1 is 1.14 bits per heavy atom. The molecule has 3 amide bonds. The topological polar surface area (TPSA) is 126 Å². The molecule has 3 heterocycles. The van der Waals surface area contributed by atoms with E-state index in [1.165, 1.54) is 24.4 Å². The van der Waals surface area contributed by atoms with Crippen LogP contribution in [0.3, 0.4) is 0 Å². The summed E-state index contributed by atoms with van der Waals surface area (Å²) >= 11 is 6.48. The maximum atomic E-state index is 13.3. The number of fused-ring (bicyclic) bond motifs is 1. The molecule has 1 atom stereocenters. The minimum absolute atomic E-state index is 0.0265. The van der Waals surface area contributed by atoms with Crippen molar-refractivity contribution in [2.75, 3.05) is 44.8 Å². The number of hydrogen-bond acceptors (Lipinski definition) is 6. The first-order valence-electron chi connectivity index (χ1n) is 15.2. The lowest BCUT2D eigenvalue weighted by Gasteiger charge is -2.21. The highest BCUT2D eigenvalue weighted by Gasteiger charge is 2.29. The summed E-state index contributed by atoms with van der Waals surface area (Å²) in [5, 5.41) is 4.52. The van der Waals surface area contributed by atoms with Crippen LogP contribution in [-0.2, 0) is 16.6 Å². The van der Waals surface area contributed by atoms with Crippen LogP contribution in [0.1, 0.15) is 22.3 Å².